The zero-order valence-corrected chi connectivity index (χ0v) is 5.20. The molecular formula is C6H9N3. The average molecular weight is 123 g/mol. The third kappa shape index (κ3) is 0.724. The van der Waals surface area contributed by atoms with E-state index < -0.39 is 0 Å². The second-order valence-electron chi connectivity index (χ2n) is 2.46. The van der Waals surface area contributed by atoms with Crippen LogP contribution in [0.15, 0.2) is 12.7 Å². The van der Waals surface area contributed by atoms with Crippen LogP contribution < -0.4 is 0 Å². The average Bonchev–Trinajstić information content (AvgIpc) is 2.11. The lowest BCUT2D eigenvalue weighted by molar-refractivity contribution is 0.288. The number of rotatable bonds is 1. The minimum atomic E-state index is 0.660. The summed E-state index contributed by atoms with van der Waals surface area (Å²) in [7, 11) is 0. The molecule has 0 aromatic carbocycles. The van der Waals surface area contributed by atoms with E-state index in [2.05, 4.69) is 10.1 Å². The smallest absolute Gasteiger partial charge is 0.137 e. The Hall–Kier alpha value is -0.860. The number of aromatic nitrogens is 3. The molecule has 2 rings (SSSR count). The van der Waals surface area contributed by atoms with Crippen molar-refractivity contribution < 1.29 is 0 Å². The van der Waals surface area contributed by atoms with Crippen LogP contribution in [0.25, 0.3) is 0 Å². The minimum absolute atomic E-state index is 0.660. The Morgan fingerprint density at radius 2 is 2.33 bits per heavy atom. The maximum Gasteiger partial charge on any atom is 0.137 e. The van der Waals surface area contributed by atoms with Gasteiger partial charge in [-0.25, -0.2) is 9.67 Å². The highest BCUT2D eigenvalue weighted by Crippen LogP contribution is 2.29. The zero-order chi connectivity index (χ0) is 6.10. The predicted octanol–water partition coefficient (Wildman–Crippen LogP) is 1.00. The molecule has 0 bridgehead atoms. The van der Waals surface area contributed by atoms with E-state index in [4.69, 9.17) is 0 Å². The standard InChI is InChI=1S/C6H9N3/c1-2-6(3-1)9-5-7-4-8-9/h4-6H,1-3H2. The van der Waals surface area contributed by atoms with Gasteiger partial charge < -0.3 is 0 Å². The van der Waals surface area contributed by atoms with E-state index in [9.17, 15) is 0 Å². The fourth-order valence-corrected chi connectivity index (χ4v) is 1.06. The second-order valence-corrected chi connectivity index (χ2v) is 2.46. The van der Waals surface area contributed by atoms with Crippen molar-refractivity contribution in [1.82, 2.24) is 14.8 Å². The normalized spacial score (nSPS) is 19.6. The molecular weight excluding hydrogens is 114 g/mol. The van der Waals surface area contributed by atoms with Crippen molar-refractivity contribution in [2.45, 2.75) is 25.3 Å². The summed E-state index contributed by atoms with van der Waals surface area (Å²) in [6.07, 6.45) is 7.30. The SMILES string of the molecule is c1ncn(C2CCC2)n1. The van der Waals surface area contributed by atoms with Crippen molar-refractivity contribution >= 4 is 0 Å². The molecule has 1 aromatic heterocycles. The molecule has 0 unspecified atom stereocenters. The first kappa shape index (κ1) is 4.97. The van der Waals surface area contributed by atoms with Crippen molar-refractivity contribution in [1.29, 1.82) is 0 Å². The van der Waals surface area contributed by atoms with E-state index in [-0.39, 0.29) is 0 Å². The summed E-state index contributed by atoms with van der Waals surface area (Å²) in [6, 6.07) is 0.660. The van der Waals surface area contributed by atoms with Crippen LogP contribution in [0, 0.1) is 0 Å². The predicted molar refractivity (Wildman–Crippen MR) is 32.9 cm³/mol. The molecule has 0 N–H and O–H groups in total. The second kappa shape index (κ2) is 1.83. The first-order valence-electron chi connectivity index (χ1n) is 3.31. The minimum Gasteiger partial charge on any atom is -0.250 e. The number of hydrogen-bond acceptors (Lipinski definition) is 2. The Balaban J connectivity index is 2.14. The van der Waals surface area contributed by atoms with Gasteiger partial charge in [0.15, 0.2) is 0 Å². The third-order valence-corrected chi connectivity index (χ3v) is 1.89. The Morgan fingerprint density at radius 3 is 2.78 bits per heavy atom. The molecule has 9 heavy (non-hydrogen) atoms. The lowest BCUT2D eigenvalue weighted by Crippen LogP contribution is -2.16. The van der Waals surface area contributed by atoms with Gasteiger partial charge in [0.2, 0.25) is 0 Å². The molecule has 0 spiro atoms. The van der Waals surface area contributed by atoms with Crippen LogP contribution >= 0.6 is 0 Å². The van der Waals surface area contributed by atoms with E-state index in [1.54, 1.807) is 12.7 Å². The maximum atomic E-state index is 4.04. The van der Waals surface area contributed by atoms with Gasteiger partial charge in [-0.05, 0) is 19.3 Å². The molecule has 1 aliphatic rings. The lowest BCUT2D eigenvalue weighted by Gasteiger charge is -2.24. The molecule has 1 heterocycles. The molecule has 3 nitrogen and oxygen atoms in total. The van der Waals surface area contributed by atoms with Gasteiger partial charge >= 0.3 is 0 Å². The summed E-state index contributed by atoms with van der Waals surface area (Å²) in [5, 5.41) is 4.04. The highest BCUT2D eigenvalue weighted by molar-refractivity contribution is 4.75. The van der Waals surface area contributed by atoms with Crippen molar-refractivity contribution in [3.63, 3.8) is 0 Å². The third-order valence-electron chi connectivity index (χ3n) is 1.89. The summed E-state index contributed by atoms with van der Waals surface area (Å²) in [5.41, 5.74) is 0. The summed E-state index contributed by atoms with van der Waals surface area (Å²) >= 11 is 0. The van der Waals surface area contributed by atoms with Crippen LogP contribution in [0.1, 0.15) is 25.3 Å². The van der Waals surface area contributed by atoms with Gasteiger partial charge in [-0.1, -0.05) is 0 Å². The Morgan fingerprint density at radius 1 is 1.44 bits per heavy atom. The highest BCUT2D eigenvalue weighted by atomic mass is 15.3. The fraction of sp³-hybridized carbons (Fsp3) is 0.667. The quantitative estimate of drug-likeness (QED) is 0.557. The number of nitrogens with zero attached hydrogens (tertiary/aromatic N) is 3. The van der Waals surface area contributed by atoms with E-state index in [1.807, 2.05) is 4.68 Å². The fourth-order valence-electron chi connectivity index (χ4n) is 1.06. The van der Waals surface area contributed by atoms with Gasteiger partial charge in [0.25, 0.3) is 0 Å². The lowest BCUT2D eigenvalue weighted by atomic mass is 9.94. The van der Waals surface area contributed by atoms with Gasteiger partial charge in [0, 0.05) is 0 Å². The molecule has 0 amide bonds. The van der Waals surface area contributed by atoms with E-state index >= 15 is 0 Å². The van der Waals surface area contributed by atoms with Gasteiger partial charge in [-0.15, -0.1) is 0 Å². The first-order valence-corrected chi connectivity index (χ1v) is 3.31. The van der Waals surface area contributed by atoms with Crippen LogP contribution in [0.4, 0.5) is 0 Å². The largest absolute Gasteiger partial charge is 0.250 e. The summed E-state index contributed by atoms with van der Waals surface area (Å²) in [6.45, 7) is 0. The topological polar surface area (TPSA) is 30.7 Å². The Kier molecular flexibility index (Phi) is 1.01. The van der Waals surface area contributed by atoms with Crippen LogP contribution in [0.2, 0.25) is 0 Å². The molecule has 48 valence electrons. The molecule has 0 aliphatic heterocycles. The highest BCUT2D eigenvalue weighted by Gasteiger charge is 2.18. The maximum absolute atomic E-state index is 4.04. The molecule has 3 heteroatoms. The zero-order valence-electron chi connectivity index (χ0n) is 5.20. The molecule has 0 saturated heterocycles. The monoisotopic (exact) mass is 123 g/mol. The van der Waals surface area contributed by atoms with E-state index in [0.717, 1.165) is 0 Å². The Labute approximate surface area is 53.7 Å². The molecule has 1 fully saturated rings. The summed E-state index contributed by atoms with van der Waals surface area (Å²) in [4.78, 5) is 3.88. The Bertz CT molecular complexity index is 176. The van der Waals surface area contributed by atoms with Crippen molar-refractivity contribution in [2.24, 2.45) is 0 Å². The van der Waals surface area contributed by atoms with Crippen molar-refractivity contribution in [3.05, 3.63) is 12.7 Å². The molecule has 0 radical (unpaired) electrons. The van der Waals surface area contributed by atoms with Crippen molar-refractivity contribution in [2.75, 3.05) is 0 Å². The van der Waals surface area contributed by atoms with Crippen LogP contribution in [-0.2, 0) is 0 Å². The molecule has 1 aromatic rings. The molecule has 1 aliphatic carbocycles. The van der Waals surface area contributed by atoms with Crippen LogP contribution in [0.3, 0.4) is 0 Å². The van der Waals surface area contributed by atoms with Gasteiger partial charge in [-0.2, -0.15) is 5.10 Å². The van der Waals surface area contributed by atoms with E-state index in [1.165, 1.54) is 19.3 Å². The van der Waals surface area contributed by atoms with E-state index in [0.29, 0.717) is 6.04 Å². The molecule has 0 atom stereocenters. The molecule has 1 saturated carbocycles. The number of hydrogen-bond donors (Lipinski definition) is 0. The van der Waals surface area contributed by atoms with Gasteiger partial charge in [0.05, 0.1) is 6.04 Å². The summed E-state index contributed by atoms with van der Waals surface area (Å²) in [5.74, 6) is 0. The van der Waals surface area contributed by atoms with Crippen LogP contribution in [-0.4, -0.2) is 14.8 Å². The summed E-state index contributed by atoms with van der Waals surface area (Å²) < 4.78 is 1.95. The van der Waals surface area contributed by atoms with Crippen LogP contribution in [0.5, 0.6) is 0 Å². The van der Waals surface area contributed by atoms with Gasteiger partial charge in [-0.3, -0.25) is 0 Å². The first-order chi connectivity index (χ1) is 4.47. The van der Waals surface area contributed by atoms with Gasteiger partial charge in [0.1, 0.15) is 12.7 Å². The van der Waals surface area contributed by atoms with Crippen molar-refractivity contribution in [3.8, 4) is 0 Å².